The number of nitrogens with zero attached hydrogens (tertiary/aromatic N) is 5. The number of pyridine rings is 2. The van der Waals surface area contributed by atoms with Crippen LogP contribution in [0.1, 0.15) is 36.9 Å². The molecule has 4 aromatic rings. The molecule has 2 aliphatic heterocycles. The van der Waals surface area contributed by atoms with Crippen LogP contribution in [0.2, 0.25) is 0 Å². The van der Waals surface area contributed by atoms with Gasteiger partial charge >= 0.3 is 0 Å². The second-order valence-electron chi connectivity index (χ2n) is 9.12. The van der Waals surface area contributed by atoms with Crippen molar-refractivity contribution in [1.82, 2.24) is 19.7 Å². The van der Waals surface area contributed by atoms with Gasteiger partial charge in [-0.1, -0.05) is 0 Å². The summed E-state index contributed by atoms with van der Waals surface area (Å²) in [5.41, 5.74) is 3.24. The third-order valence-electron chi connectivity index (χ3n) is 6.91. The standard InChI is InChI=1S/C26H24F3N5O/c27-17-1-2-22(29)21(11-17)24-12-18(28)15-33(24)25-4-3-23-26(32-25)20(5-8-30-23)16-13-31-34(14-16)19-6-9-35-10-7-19/h1-5,8,11,13-14,18-19,24H,6-7,9-10,12,15H2/t18-,24+/m0/s1. The first-order valence-corrected chi connectivity index (χ1v) is 11.8. The summed E-state index contributed by atoms with van der Waals surface area (Å²) in [5.74, 6) is -0.611. The van der Waals surface area contributed by atoms with Crippen LogP contribution in [0.3, 0.4) is 0 Å². The first kappa shape index (κ1) is 22.0. The largest absolute Gasteiger partial charge is 0.381 e. The van der Waals surface area contributed by atoms with E-state index in [0.29, 0.717) is 22.9 Å². The van der Waals surface area contributed by atoms with E-state index in [1.54, 1.807) is 17.2 Å². The normalized spacial score (nSPS) is 21.2. The van der Waals surface area contributed by atoms with Gasteiger partial charge in [-0.25, -0.2) is 18.2 Å². The van der Waals surface area contributed by atoms with E-state index < -0.39 is 23.8 Å². The summed E-state index contributed by atoms with van der Waals surface area (Å²) < 4.78 is 50.4. The lowest BCUT2D eigenvalue weighted by Crippen LogP contribution is -2.25. The van der Waals surface area contributed by atoms with E-state index in [-0.39, 0.29) is 18.5 Å². The van der Waals surface area contributed by atoms with Gasteiger partial charge in [0.15, 0.2) is 0 Å². The molecule has 3 aromatic heterocycles. The number of alkyl halides is 1. The van der Waals surface area contributed by atoms with Gasteiger partial charge in [0.05, 0.1) is 35.9 Å². The maximum absolute atomic E-state index is 14.6. The lowest BCUT2D eigenvalue weighted by Gasteiger charge is -2.26. The number of ether oxygens (including phenoxy) is 1. The molecule has 0 radical (unpaired) electrons. The molecule has 0 unspecified atom stereocenters. The zero-order valence-corrected chi connectivity index (χ0v) is 18.9. The SMILES string of the molecule is Fc1ccc(F)c([C@H]2C[C@H](F)CN2c2ccc3nccc(-c4cnn(C5CCOCC5)c4)c3n2)c1. The molecular formula is C26H24F3N5O. The number of fused-ring (bicyclic) bond motifs is 1. The minimum absolute atomic E-state index is 0.0520. The molecule has 6 nitrogen and oxygen atoms in total. The highest BCUT2D eigenvalue weighted by Crippen LogP contribution is 2.39. The van der Waals surface area contributed by atoms with Crippen LogP contribution in [0.4, 0.5) is 19.0 Å². The predicted octanol–water partition coefficient (Wildman–Crippen LogP) is 5.41. The highest BCUT2D eigenvalue weighted by molar-refractivity contribution is 5.91. The molecule has 0 amide bonds. The second kappa shape index (κ2) is 8.96. The van der Waals surface area contributed by atoms with Gasteiger partial charge in [-0.3, -0.25) is 9.67 Å². The lowest BCUT2D eigenvalue weighted by atomic mass is 10.0. The minimum Gasteiger partial charge on any atom is -0.381 e. The molecule has 0 N–H and O–H groups in total. The fourth-order valence-corrected chi connectivity index (χ4v) is 5.14. The summed E-state index contributed by atoms with van der Waals surface area (Å²) in [4.78, 5) is 11.0. The van der Waals surface area contributed by atoms with Crippen molar-refractivity contribution < 1.29 is 17.9 Å². The van der Waals surface area contributed by atoms with E-state index in [1.807, 2.05) is 29.2 Å². The highest BCUT2D eigenvalue weighted by atomic mass is 19.1. The molecule has 6 rings (SSSR count). The fraction of sp³-hybridized carbons (Fsp3) is 0.346. The van der Waals surface area contributed by atoms with Crippen LogP contribution in [0.15, 0.2) is 55.0 Å². The molecule has 2 fully saturated rings. The van der Waals surface area contributed by atoms with E-state index in [9.17, 15) is 13.2 Å². The predicted molar refractivity (Wildman–Crippen MR) is 126 cm³/mol. The molecule has 1 aromatic carbocycles. The van der Waals surface area contributed by atoms with E-state index in [0.717, 1.165) is 55.4 Å². The van der Waals surface area contributed by atoms with Crippen molar-refractivity contribution in [1.29, 1.82) is 0 Å². The Hall–Kier alpha value is -3.46. The molecule has 5 heterocycles. The molecule has 0 bridgehead atoms. The zero-order chi connectivity index (χ0) is 23.9. The number of rotatable bonds is 4. The zero-order valence-electron chi connectivity index (χ0n) is 18.9. The van der Waals surface area contributed by atoms with Crippen molar-refractivity contribution in [2.45, 2.75) is 37.5 Å². The highest BCUT2D eigenvalue weighted by Gasteiger charge is 2.36. The number of halogens is 3. The maximum Gasteiger partial charge on any atom is 0.130 e. The smallest absolute Gasteiger partial charge is 0.130 e. The summed E-state index contributed by atoms with van der Waals surface area (Å²) in [6.07, 6.45) is 6.28. The number of hydrogen-bond donors (Lipinski definition) is 0. The first-order chi connectivity index (χ1) is 17.1. The molecule has 2 aliphatic rings. The summed E-state index contributed by atoms with van der Waals surface area (Å²) in [5, 5.41) is 4.58. The van der Waals surface area contributed by atoms with Crippen LogP contribution in [0, 0.1) is 11.6 Å². The monoisotopic (exact) mass is 479 g/mol. The van der Waals surface area contributed by atoms with Crippen molar-refractivity contribution in [3.05, 3.63) is 72.2 Å². The Labute approximate surface area is 200 Å². The summed E-state index contributed by atoms with van der Waals surface area (Å²) in [6, 6.07) is 8.41. The Bertz CT molecular complexity index is 1370. The average Bonchev–Trinajstić information content (AvgIpc) is 3.52. The number of benzene rings is 1. The van der Waals surface area contributed by atoms with Crippen LogP contribution in [0.25, 0.3) is 22.2 Å². The van der Waals surface area contributed by atoms with Crippen LogP contribution in [-0.4, -0.2) is 45.7 Å². The van der Waals surface area contributed by atoms with E-state index in [4.69, 9.17) is 9.72 Å². The Morgan fingerprint density at radius 2 is 1.89 bits per heavy atom. The van der Waals surface area contributed by atoms with Gasteiger partial charge in [0.1, 0.15) is 23.6 Å². The maximum atomic E-state index is 14.6. The lowest BCUT2D eigenvalue weighted by molar-refractivity contribution is 0.0662. The third kappa shape index (κ3) is 4.14. The van der Waals surface area contributed by atoms with E-state index >= 15 is 0 Å². The molecule has 2 saturated heterocycles. The third-order valence-corrected chi connectivity index (χ3v) is 6.91. The van der Waals surface area contributed by atoms with Crippen LogP contribution >= 0.6 is 0 Å². The molecule has 0 spiro atoms. The molecule has 0 aliphatic carbocycles. The van der Waals surface area contributed by atoms with Gasteiger partial charge in [0.25, 0.3) is 0 Å². The Morgan fingerprint density at radius 3 is 2.74 bits per heavy atom. The van der Waals surface area contributed by atoms with Crippen molar-refractivity contribution in [2.75, 3.05) is 24.7 Å². The Morgan fingerprint density at radius 1 is 1.03 bits per heavy atom. The quantitative estimate of drug-likeness (QED) is 0.392. The number of aromatic nitrogens is 4. The van der Waals surface area contributed by atoms with Gasteiger partial charge in [0, 0.05) is 48.7 Å². The van der Waals surface area contributed by atoms with Crippen molar-refractivity contribution in [3.63, 3.8) is 0 Å². The molecular weight excluding hydrogens is 455 g/mol. The molecule has 0 saturated carbocycles. The van der Waals surface area contributed by atoms with Gasteiger partial charge < -0.3 is 9.64 Å². The van der Waals surface area contributed by atoms with E-state index in [2.05, 4.69) is 10.1 Å². The Kier molecular flexibility index (Phi) is 5.64. The van der Waals surface area contributed by atoms with Crippen molar-refractivity contribution in [3.8, 4) is 11.1 Å². The molecule has 2 atom stereocenters. The minimum atomic E-state index is -1.17. The van der Waals surface area contributed by atoms with E-state index in [1.165, 1.54) is 0 Å². The molecule has 9 heteroatoms. The molecule has 35 heavy (non-hydrogen) atoms. The van der Waals surface area contributed by atoms with Crippen LogP contribution < -0.4 is 4.90 Å². The van der Waals surface area contributed by atoms with Crippen molar-refractivity contribution >= 4 is 16.9 Å². The molecule has 180 valence electrons. The number of anilines is 1. The fourth-order valence-electron chi connectivity index (χ4n) is 5.14. The van der Waals surface area contributed by atoms with Crippen molar-refractivity contribution in [2.24, 2.45) is 0 Å². The second-order valence-corrected chi connectivity index (χ2v) is 9.12. The summed E-state index contributed by atoms with van der Waals surface area (Å²) in [6.45, 7) is 1.50. The first-order valence-electron chi connectivity index (χ1n) is 11.8. The summed E-state index contributed by atoms with van der Waals surface area (Å²) in [7, 11) is 0. The average molecular weight is 480 g/mol. The van der Waals surface area contributed by atoms with Gasteiger partial charge in [-0.2, -0.15) is 5.10 Å². The Balaban J connectivity index is 1.39. The topological polar surface area (TPSA) is 56.1 Å². The van der Waals surface area contributed by atoms with Gasteiger partial charge in [0.2, 0.25) is 0 Å². The van der Waals surface area contributed by atoms with Crippen LogP contribution in [0.5, 0.6) is 0 Å². The number of hydrogen-bond acceptors (Lipinski definition) is 5. The van der Waals surface area contributed by atoms with Crippen LogP contribution in [-0.2, 0) is 4.74 Å². The summed E-state index contributed by atoms with van der Waals surface area (Å²) >= 11 is 0. The van der Waals surface area contributed by atoms with Gasteiger partial charge in [-0.15, -0.1) is 0 Å². The van der Waals surface area contributed by atoms with Gasteiger partial charge in [-0.05, 0) is 49.2 Å².